The number of ether oxygens (including phenoxy) is 1. The molecule has 1 saturated heterocycles. The molecule has 39 heavy (non-hydrogen) atoms. The van der Waals surface area contributed by atoms with Gasteiger partial charge in [0.15, 0.2) is 0 Å². The summed E-state index contributed by atoms with van der Waals surface area (Å²) in [7, 11) is -2.39. The Bertz CT molecular complexity index is 1370. The van der Waals surface area contributed by atoms with Crippen LogP contribution < -0.4 is 9.64 Å². The standard InChI is InChI=1S/C24H23F6N3O4S2/c1-37-20-5-2-4-17(31-20)14-19-15-32(39(35,36)21-6-3-13-38-21)11-12-33(19)18-9-7-16(8-10-18)22(34,23(25,26)27)24(28,29)30/h2-10,13,19,34H,11-12,14-15H2,1H3/t19-/m1/s1. The maximum Gasteiger partial charge on any atom is 0.430 e. The number of pyridine rings is 1. The van der Waals surface area contributed by atoms with Crippen molar-refractivity contribution >= 4 is 27.0 Å². The van der Waals surface area contributed by atoms with E-state index in [2.05, 4.69) is 4.98 Å². The number of aliphatic hydroxyl groups is 1. The van der Waals surface area contributed by atoms with Crippen molar-refractivity contribution in [3.63, 3.8) is 0 Å². The lowest BCUT2D eigenvalue weighted by Gasteiger charge is -2.42. The molecule has 1 aliphatic rings. The van der Waals surface area contributed by atoms with Crippen LogP contribution in [0.3, 0.4) is 0 Å². The Morgan fingerprint density at radius 3 is 2.23 bits per heavy atom. The van der Waals surface area contributed by atoms with Crippen molar-refractivity contribution in [1.82, 2.24) is 9.29 Å². The molecule has 0 bridgehead atoms. The van der Waals surface area contributed by atoms with Gasteiger partial charge in [-0.2, -0.15) is 30.6 Å². The maximum atomic E-state index is 13.3. The van der Waals surface area contributed by atoms with Crippen molar-refractivity contribution in [2.24, 2.45) is 0 Å². The highest BCUT2D eigenvalue weighted by Crippen LogP contribution is 2.50. The topological polar surface area (TPSA) is 83.0 Å². The molecular weight excluding hydrogens is 572 g/mol. The molecule has 1 atom stereocenters. The van der Waals surface area contributed by atoms with Crippen LogP contribution in [0.1, 0.15) is 11.3 Å². The molecule has 0 aliphatic carbocycles. The normalized spacial score (nSPS) is 17.8. The zero-order valence-electron chi connectivity index (χ0n) is 20.3. The van der Waals surface area contributed by atoms with Crippen LogP contribution in [0.25, 0.3) is 0 Å². The predicted octanol–water partition coefficient (Wildman–Crippen LogP) is 4.59. The molecule has 3 aromatic rings. The summed E-state index contributed by atoms with van der Waals surface area (Å²) in [4.78, 5) is 6.05. The quantitative estimate of drug-likeness (QED) is 0.403. The molecule has 4 rings (SSSR count). The average molecular weight is 596 g/mol. The van der Waals surface area contributed by atoms with Crippen LogP contribution in [0.2, 0.25) is 0 Å². The summed E-state index contributed by atoms with van der Waals surface area (Å²) in [5, 5.41) is 11.3. The van der Waals surface area contributed by atoms with Crippen LogP contribution >= 0.6 is 11.3 Å². The number of anilines is 1. The summed E-state index contributed by atoms with van der Waals surface area (Å²) in [6, 6.07) is 10.8. The van der Waals surface area contributed by atoms with Gasteiger partial charge in [0.2, 0.25) is 5.88 Å². The molecule has 0 spiro atoms. The van der Waals surface area contributed by atoms with Crippen molar-refractivity contribution in [2.75, 3.05) is 31.6 Å². The van der Waals surface area contributed by atoms with Crippen molar-refractivity contribution in [1.29, 1.82) is 0 Å². The molecule has 3 heterocycles. The lowest BCUT2D eigenvalue weighted by atomic mass is 9.92. The smallest absolute Gasteiger partial charge is 0.430 e. The van der Waals surface area contributed by atoms with E-state index in [9.17, 15) is 39.9 Å². The monoisotopic (exact) mass is 595 g/mol. The second-order valence-corrected chi connectivity index (χ2v) is 11.9. The Morgan fingerprint density at radius 1 is 1.00 bits per heavy atom. The van der Waals surface area contributed by atoms with Gasteiger partial charge in [-0.1, -0.05) is 24.3 Å². The Balaban J connectivity index is 1.68. The van der Waals surface area contributed by atoms with E-state index in [1.165, 1.54) is 17.5 Å². The molecule has 2 aromatic heterocycles. The first-order valence-corrected chi connectivity index (χ1v) is 13.8. The maximum absolute atomic E-state index is 13.3. The zero-order chi connectivity index (χ0) is 28.6. The van der Waals surface area contributed by atoms with Crippen LogP contribution in [0.4, 0.5) is 32.0 Å². The molecule has 1 aliphatic heterocycles. The highest BCUT2D eigenvalue weighted by molar-refractivity contribution is 7.91. The Kier molecular flexibility index (Phi) is 7.91. The molecule has 0 radical (unpaired) electrons. The van der Waals surface area contributed by atoms with Gasteiger partial charge in [0.25, 0.3) is 15.6 Å². The van der Waals surface area contributed by atoms with Gasteiger partial charge in [-0.25, -0.2) is 13.4 Å². The summed E-state index contributed by atoms with van der Waals surface area (Å²) in [6.45, 7) is 0.108. The zero-order valence-corrected chi connectivity index (χ0v) is 21.9. The first-order valence-electron chi connectivity index (χ1n) is 11.4. The fourth-order valence-corrected chi connectivity index (χ4v) is 7.02. The van der Waals surface area contributed by atoms with Crippen LogP contribution in [0.15, 0.2) is 64.2 Å². The van der Waals surface area contributed by atoms with Gasteiger partial charge >= 0.3 is 12.4 Å². The number of halogens is 6. The van der Waals surface area contributed by atoms with Crippen molar-refractivity contribution in [3.05, 3.63) is 71.2 Å². The van der Waals surface area contributed by atoms with Crippen LogP contribution in [0, 0.1) is 0 Å². The third kappa shape index (κ3) is 5.58. The minimum absolute atomic E-state index is 0.0179. The second-order valence-electron chi connectivity index (χ2n) is 8.77. The number of sulfonamides is 1. The summed E-state index contributed by atoms with van der Waals surface area (Å²) in [5.41, 5.74) is -5.63. The van der Waals surface area contributed by atoms with E-state index in [4.69, 9.17) is 4.74 Å². The highest BCUT2D eigenvalue weighted by atomic mass is 32.2. The number of rotatable bonds is 7. The van der Waals surface area contributed by atoms with Gasteiger partial charge in [-0.05, 0) is 29.6 Å². The van der Waals surface area contributed by atoms with E-state index < -0.39 is 39.6 Å². The van der Waals surface area contributed by atoms with Gasteiger partial charge in [-0.15, -0.1) is 11.3 Å². The van der Waals surface area contributed by atoms with Gasteiger partial charge < -0.3 is 14.7 Å². The Labute approximate surface area is 224 Å². The molecule has 212 valence electrons. The molecule has 0 amide bonds. The van der Waals surface area contributed by atoms with E-state index in [-0.39, 0.29) is 36.0 Å². The number of benzene rings is 1. The van der Waals surface area contributed by atoms with E-state index in [0.29, 0.717) is 23.7 Å². The number of hydrogen-bond acceptors (Lipinski definition) is 7. The molecular formula is C24H23F6N3O4S2. The minimum atomic E-state index is -6.00. The van der Waals surface area contributed by atoms with Crippen LogP contribution in [-0.4, -0.2) is 68.0 Å². The fraction of sp³-hybridized carbons (Fsp3) is 0.375. The number of hydrogen-bond donors (Lipinski definition) is 1. The van der Waals surface area contributed by atoms with Gasteiger partial charge in [0, 0.05) is 55.1 Å². The largest absolute Gasteiger partial charge is 0.481 e. The predicted molar refractivity (Wildman–Crippen MR) is 131 cm³/mol. The van der Waals surface area contributed by atoms with Crippen LogP contribution in [0.5, 0.6) is 5.88 Å². The number of thiophene rings is 1. The Morgan fingerprint density at radius 2 is 1.67 bits per heavy atom. The van der Waals surface area contributed by atoms with Crippen molar-refractivity contribution in [2.45, 2.75) is 34.6 Å². The Hall–Kier alpha value is -2.88. The molecule has 0 saturated carbocycles. The number of aromatic nitrogens is 1. The van der Waals surface area contributed by atoms with Crippen molar-refractivity contribution in [3.8, 4) is 5.88 Å². The summed E-state index contributed by atoms with van der Waals surface area (Å²) < 4.78 is 113. The van der Waals surface area contributed by atoms with E-state index in [1.807, 2.05) is 0 Å². The number of piperazine rings is 1. The third-order valence-corrected chi connectivity index (χ3v) is 9.65. The fourth-order valence-electron chi connectivity index (χ4n) is 4.41. The van der Waals surface area contributed by atoms with Gasteiger partial charge in [0.1, 0.15) is 4.21 Å². The summed E-state index contributed by atoms with van der Waals surface area (Å²) >= 11 is 1.06. The minimum Gasteiger partial charge on any atom is -0.481 e. The molecule has 1 fully saturated rings. The van der Waals surface area contributed by atoms with Crippen molar-refractivity contribution < 1.29 is 44.6 Å². The van der Waals surface area contributed by atoms with Gasteiger partial charge in [0.05, 0.1) is 7.11 Å². The number of methoxy groups -OCH3 is 1. The SMILES string of the molecule is COc1cccc(C[C@@H]2CN(S(=O)(=O)c3cccs3)CCN2c2ccc(C(O)(C(F)(F)F)C(F)(F)F)cc2)n1. The number of nitrogens with zero attached hydrogens (tertiary/aromatic N) is 3. The molecule has 1 N–H and O–H groups in total. The first kappa shape index (κ1) is 29.1. The lowest BCUT2D eigenvalue weighted by molar-refractivity contribution is -0.376. The lowest BCUT2D eigenvalue weighted by Crippen LogP contribution is -2.56. The molecule has 7 nitrogen and oxygen atoms in total. The molecule has 1 aromatic carbocycles. The highest BCUT2D eigenvalue weighted by Gasteiger charge is 2.71. The third-order valence-electron chi connectivity index (χ3n) is 6.41. The van der Waals surface area contributed by atoms with E-state index in [0.717, 1.165) is 23.5 Å². The van der Waals surface area contributed by atoms with E-state index >= 15 is 0 Å². The molecule has 0 unspecified atom stereocenters. The van der Waals surface area contributed by atoms with Crippen LogP contribution in [-0.2, 0) is 22.0 Å². The van der Waals surface area contributed by atoms with Gasteiger partial charge in [-0.3, -0.25) is 0 Å². The average Bonchev–Trinajstić information content (AvgIpc) is 3.43. The first-order chi connectivity index (χ1) is 18.2. The number of alkyl halides is 6. The summed E-state index contributed by atoms with van der Waals surface area (Å²) in [6.07, 6.45) is -11.8. The molecule has 15 heteroatoms. The summed E-state index contributed by atoms with van der Waals surface area (Å²) in [5.74, 6) is 0.320. The second kappa shape index (κ2) is 10.6. The van der Waals surface area contributed by atoms with E-state index in [1.54, 1.807) is 34.5 Å².